The summed E-state index contributed by atoms with van der Waals surface area (Å²) in [6.45, 7) is 5.72. The first-order chi connectivity index (χ1) is 8.34. The van der Waals surface area contributed by atoms with E-state index in [0.29, 0.717) is 6.54 Å². The van der Waals surface area contributed by atoms with Crippen molar-refractivity contribution in [3.63, 3.8) is 0 Å². The minimum Gasteiger partial charge on any atom is -0.333 e. The minimum absolute atomic E-state index is 0.704. The highest BCUT2D eigenvalue weighted by Gasteiger charge is 2.14. The minimum atomic E-state index is 0.704. The van der Waals surface area contributed by atoms with E-state index in [-0.39, 0.29) is 0 Å². The van der Waals surface area contributed by atoms with Gasteiger partial charge in [0.05, 0.1) is 36.2 Å². The summed E-state index contributed by atoms with van der Waals surface area (Å²) < 4.78 is 4.12. The second kappa shape index (κ2) is 4.29. The highest BCUT2D eigenvalue weighted by atomic mass is 15.4. The molecule has 6 heteroatoms. The third kappa shape index (κ3) is 1.95. The Hall–Kier alpha value is -1.69. The smallest absolute Gasteiger partial charge is 0.0952 e. The number of nitrogens with one attached hydrogen (secondary N) is 1. The van der Waals surface area contributed by atoms with Crippen LogP contribution in [0.5, 0.6) is 0 Å². The quantitative estimate of drug-likeness (QED) is 0.810. The Balaban J connectivity index is 1.89. The van der Waals surface area contributed by atoms with E-state index in [1.165, 1.54) is 5.69 Å². The predicted octanol–water partition coefficient (Wildman–Crippen LogP) is 0.325. The Morgan fingerprint density at radius 2 is 2.41 bits per heavy atom. The topological polar surface area (TPSA) is 60.6 Å². The summed E-state index contributed by atoms with van der Waals surface area (Å²) in [5.41, 5.74) is 3.43. The molecular weight excluding hydrogens is 216 g/mol. The summed E-state index contributed by atoms with van der Waals surface area (Å²) in [6, 6.07) is 0. The number of rotatable bonds is 2. The molecule has 0 aliphatic carbocycles. The lowest BCUT2D eigenvalue weighted by Gasteiger charge is -2.06. The molecule has 1 aliphatic rings. The van der Waals surface area contributed by atoms with Crippen LogP contribution in [-0.4, -0.2) is 31.1 Å². The first-order valence-electron chi connectivity index (χ1n) is 5.93. The molecule has 0 fully saturated rings. The van der Waals surface area contributed by atoms with Gasteiger partial charge in [-0.15, -0.1) is 5.10 Å². The number of nitrogens with zero attached hydrogens (tertiary/aromatic N) is 5. The Labute approximate surface area is 99.7 Å². The summed E-state index contributed by atoms with van der Waals surface area (Å²) in [4.78, 5) is 4.49. The van der Waals surface area contributed by atoms with Crippen LogP contribution in [0.2, 0.25) is 0 Å². The molecular formula is C11H16N6. The maximum absolute atomic E-state index is 4.49. The molecule has 6 nitrogen and oxygen atoms in total. The number of imidazole rings is 1. The Bertz CT molecular complexity index is 512. The molecule has 0 spiro atoms. The van der Waals surface area contributed by atoms with Crippen molar-refractivity contribution in [2.24, 2.45) is 0 Å². The molecule has 0 aromatic carbocycles. The first kappa shape index (κ1) is 10.5. The van der Waals surface area contributed by atoms with Crippen LogP contribution in [0.3, 0.4) is 0 Å². The van der Waals surface area contributed by atoms with Gasteiger partial charge in [0.15, 0.2) is 0 Å². The molecule has 0 bridgehead atoms. The molecule has 3 rings (SSSR count). The number of aryl methyl sites for hydroxylation is 2. The van der Waals surface area contributed by atoms with Crippen LogP contribution in [0, 0.1) is 6.92 Å². The van der Waals surface area contributed by atoms with E-state index in [0.717, 1.165) is 37.4 Å². The predicted molar refractivity (Wildman–Crippen MR) is 62.4 cm³/mol. The highest BCUT2D eigenvalue weighted by Crippen LogP contribution is 2.12. The van der Waals surface area contributed by atoms with Crippen LogP contribution >= 0.6 is 0 Å². The van der Waals surface area contributed by atoms with Crippen LogP contribution in [0.4, 0.5) is 0 Å². The Kier molecular flexibility index (Phi) is 2.64. The normalized spacial score (nSPS) is 15.6. The van der Waals surface area contributed by atoms with Gasteiger partial charge in [0.2, 0.25) is 0 Å². The molecule has 0 saturated carbocycles. The molecule has 0 amide bonds. The van der Waals surface area contributed by atoms with Crippen molar-refractivity contribution < 1.29 is 0 Å². The highest BCUT2D eigenvalue weighted by molar-refractivity contribution is 5.15. The van der Waals surface area contributed by atoms with Gasteiger partial charge in [-0.25, -0.2) is 9.67 Å². The maximum atomic E-state index is 4.49. The zero-order valence-electron chi connectivity index (χ0n) is 9.93. The molecule has 1 aliphatic heterocycles. The first-order valence-corrected chi connectivity index (χ1v) is 5.93. The van der Waals surface area contributed by atoms with Gasteiger partial charge in [0, 0.05) is 13.1 Å². The van der Waals surface area contributed by atoms with Crippen molar-refractivity contribution >= 4 is 0 Å². The van der Waals surface area contributed by atoms with Gasteiger partial charge < -0.3 is 9.88 Å². The van der Waals surface area contributed by atoms with Crippen LogP contribution in [-0.2, 0) is 19.6 Å². The second-order valence-corrected chi connectivity index (χ2v) is 4.39. The zero-order valence-corrected chi connectivity index (χ0v) is 9.93. The molecule has 90 valence electrons. The van der Waals surface area contributed by atoms with E-state index in [1.807, 2.05) is 17.9 Å². The average Bonchev–Trinajstić information content (AvgIpc) is 2.81. The summed E-state index contributed by atoms with van der Waals surface area (Å²) in [5, 5.41) is 11.4. The van der Waals surface area contributed by atoms with Gasteiger partial charge in [0.1, 0.15) is 0 Å². The lowest BCUT2D eigenvalue weighted by molar-refractivity contribution is 0.613. The molecule has 0 atom stereocenters. The molecule has 0 unspecified atom stereocenters. The van der Waals surface area contributed by atoms with E-state index < -0.39 is 0 Å². The summed E-state index contributed by atoms with van der Waals surface area (Å²) in [5.74, 6) is 0. The van der Waals surface area contributed by atoms with Crippen molar-refractivity contribution in [3.05, 3.63) is 29.6 Å². The third-order valence-electron chi connectivity index (χ3n) is 3.19. The SMILES string of the molecule is Cc1cnnn1Cc1ncn2c1CNCCC2. The van der Waals surface area contributed by atoms with Crippen molar-refractivity contribution in [1.29, 1.82) is 0 Å². The van der Waals surface area contributed by atoms with Gasteiger partial charge in [0.25, 0.3) is 0 Å². The molecule has 0 saturated heterocycles. The Morgan fingerprint density at radius 3 is 3.24 bits per heavy atom. The lowest BCUT2D eigenvalue weighted by Crippen LogP contribution is -2.15. The largest absolute Gasteiger partial charge is 0.333 e. The van der Waals surface area contributed by atoms with E-state index in [4.69, 9.17) is 0 Å². The lowest BCUT2D eigenvalue weighted by atomic mass is 10.3. The van der Waals surface area contributed by atoms with Gasteiger partial charge in [-0.3, -0.25) is 0 Å². The zero-order chi connectivity index (χ0) is 11.7. The van der Waals surface area contributed by atoms with E-state index in [2.05, 4.69) is 25.2 Å². The van der Waals surface area contributed by atoms with Gasteiger partial charge in [-0.05, 0) is 19.9 Å². The monoisotopic (exact) mass is 232 g/mol. The van der Waals surface area contributed by atoms with Crippen LogP contribution < -0.4 is 5.32 Å². The van der Waals surface area contributed by atoms with Gasteiger partial charge >= 0.3 is 0 Å². The molecule has 2 aromatic rings. The van der Waals surface area contributed by atoms with E-state index in [1.54, 1.807) is 6.20 Å². The van der Waals surface area contributed by atoms with Crippen LogP contribution in [0.1, 0.15) is 23.5 Å². The fourth-order valence-corrected chi connectivity index (χ4v) is 2.17. The fourth-order valence-electron chi connectivity index (χ4n) is 2.17. The number of hydrogen-bond acceptors (Lipinski definition) is 4. The average molecular weight is 232 g/mol. The molecule has 17 heavy (non-hydrogen) atoms. The summed E-state index contributed by atoms with van der Waals surface area (Å²) in [6.07, 6.45) is 4.86. The Morgan fingerprint density at radius 1 is 1.47 bits per heavy atom. The van der Waals surface area contributed by atoms with Gasteiger partial charge in [-0.1, -0.05) is 5.21 Å². The molecule has 2 aromatic heterocycles. The maximum Gasteiger partial charge on any atom is 0.0952 e. The molecule has 1 N–H and O–H groups in total. The van der Waals surface area contributed by atoms with E-state index >= 15 is 0 Å². The number of aromatic nitrogens is 5. The van der Waals surface area contributed by atoms with Crippen molar-refractivity contribution in [2.45, 2.75) is 33.0 Å². The second-order valence-electron chi connectivity index (χ2n) is 4.39. The fraction of sp³-hybridized carbons (Fsp3) is 0.545. The molecule has 3 heterocycles. The van der Waals surface area contributed by atoms with Crippen molar-refractivity contribution in [2.75, 3.05) is 6.54 Å². The molecule has 0 radical (unpaired) electrons. The van der Waals surface area contributed by atoms with Crippen LogP contribution in [0.15, 0.2) is 12.5 Å². The number of fused-ring (bicyclic) bond motifs is 1. The van der Waals surface area contributed by atoms with Crippen LogP contribution in [0.25, 0.3) is 0 Å². The van der Waals surface area contributed by atoms with Crippen molar-refractivity contribution in [1.82, 2.24) is 29.9 Å². The standard InChI is InChI=1S/C11H16N6/c1-9-5-14-15-17(9)7-10-11-6-12-3-2-4-16(11)8-13-10/h5,8,12H,2-4,6-7H2,1H3. The summed E-state index contributed by atoms with van der Waals surface area (Å²) in [7, 11) is 0. The van der Waals surface area contributed by atoms with Crippen molar-refractivity contribution in [3.8, 4) is 0 Å². The summed E-state index contributed by atoms with van der Waals surface area (Å²) >= 11 is 0. The number of hydrogen-bond donors (Lipinski definition) is 1. The van der Waals surface area contributed by atoms with Gasteiger partial charge in [-0.2, -0.15) is 0 Å². The van der Waals surface area contributed by atoms with E-state index in [9.17, 15) is 0 Å². The third-order valence-corrected chi connectivity index (χ3v) is 3.19.